The van der Waals surface area contributed by atoms with Crippen molar-refractivity contribution in [2.24, 2.45) is 4.99 Å². The largest absolute Gasteiger partial charge is 0.310 e. The summed E-state index contributed by atoms with van der Waals surface area (Å²) in [6, 6.07) is 0. The Bertz CT molecular complexity index is 219. The molecule has 0 unspecified atom stereocenters. The van der Waals surface area contributed by atoms with E-state index in [1.807, 2.05) is 68.4 Å². The second kappa shape index (κ2) is 25.2. The lowest BCUT2D eigenvalue weighted by Crippen LogP contribution is -2.20. The van der Waals surface area contributed by atoms with Crippen molar-refractivity contribution in [2.75, 3.05) is 7.05 Å². The molecule has 1 rings (SSSR count). The van der Waals surface area contributed by atoms with E-state index in [0.29, 0.717) is 0 Å². The van der Waals surface area contributed by atoms with E-state index in [2.05, 4.69) is 16.3 Å². The quantitative estimate of drug-likeness (QED) is 0.562. The lowest BCUT2D eigenvalue weighted by atomic mass is 10.2. The molecule has 0 spiro atoms. The Kier molecular flexibility index (Phi) is 36.4. The van der Waals surface area contributed by atoms with E-state index in [0.717, 1.165) is 11.4 Å². The van der Waals surface area contributed by atoms with Crippen LogP contribution in [0.1, 0.15) is 62.3 Å². The molecule has 0 radical (unpaired) electrons. The normalized spacial score (nSPS) is 13.8. The third kappa shape index (κ3) is 15.3. The summed E-state index contributed by atoms with van der Waals surface area (Å²) in [6.45, 7) is 21.9. The summed E-state index contributed by atoms with van der Waals surface area (Å²) in [4.78, 5) is 5.22. The molecule has 0 aromatic rings. The van der Waals surface area contributed by atoms with Crippen molar-refractivity contribution < 1.29 is 0 Å². The molecule has 0 aliphatic carbocycles. The minimum atomic E-state index is 0.871. The maximum atomic E-state index is 4.00. The fourth-order valence-electron chi connectivity index (χ4n) is 0.727. The highest BCUT2D eigenvalue weighted by atomic mass is 32.2. The number of hydrogen-bond donors (Lipinski definition) is 1. The van der Waals surface area contributed by atoms with E-state index in [9.17, 15) is 0 Å². The first-order chi connectivity index (χ1) is 8.74. The number of nitrogens with one attached hydrogen (secondary N) is 1. The van der Waals surface area contributed by atoms with Crippen LogP contribution in [0.4, 0.5) is 0 Å². The van der Waals surface area contributed by atoms with Gasteiger partial charge in [0.15, 0.2) is 0 Å². The van der Waals surface area contributed by atoms with Gasteiger partial charge in [0.2, 0.25) is 0 Å². The summed E-state index contributed by atoms with van der Waals surface area (Å²) in [5.74, 6) is 0.871. The van der Waals surface area contributed by atoms with E-state index in [1.165, 1.54) is 4.91 Å². The third-order valence-electron chi connectivity index (χ3n) is 1.21. The smallest absolute Gasteiger partial charge is 0.137 e. The third-order valence-corrected chi connectivity index (χ3v) is 1.95. The van der Waals surface area contributed by atoms with Crippen molar-refractivity contribution >= 4 is 17.8 Å². The van der Waals surface area contributed by atoms with Crippen LogP contribution < -0.4 is 4.72 Å². The summed E-state index contributed by atoms with van der Waals surface area (Å²) in [7, 11) is 1.75. The van der Waals surface area contributed by atoms with Gasteiger partial charge in [0.25, 0.3) is 0 Å². The highest BCUT2D eigenvalue weighted by Crippen LogP contribution is 2.18. The van der Waals surface area contributed by atoms with Crippen molar-refractivity contribution in [3.8, 4) is 0 Å². The van der Waals surface area contributed by atoms with Gasteiger partial charge in [-0.25, -0.2) is 0 Å². The van der Waals surface area contributed by atoms with Crippen LogP contribution in [0.15, 0.2) is 28.1 Å². The molecule has 0 saturated carbocycles. The number of aliphatic imine (C=N–C) groups is 1. The Balaban J connectivity index is -0.000000105. The van der Waals surface area contributed by atoms with Crippen molar-refractivity contribution in [3.05, 3.63) is 23.1 Å². The molecule has 2 nitrogen and oxygen atoms in total. The zero-order valence-electron chi connectivity index (χ0n) is 14.1. The number of amidine groups is 1. The summed E-state index contributed by atoms with van der Waals surface area (Å²) in [6.07, 6.45) is 2.02. The average Bonchev–Trinajstić information content (AvgIpc) is 2.48. The Morgan fingerprint density at radius 3 is 1.67 bits per heavy atom. The van der Waals surface area contributed by atoms with Gasteiger partial charge < -0.3 is 4.72 Å². The van der Waals surface area contributed by atoms with Gasteiger partial charge in [-0.05, 0) is 24.9 Å². The van der Waals surface area contributed by atoms with Crippen LogP contribution >= 0.6 is 11.9 Å². The van der Waals surface area contributed by atoms with E-state index in [1.54, 1.807) is 19.0 Å². The molecule has 1 N–H and O–H groups in total. The first kappa shape index (κ1) is 26.0. The predicted octanol–water partition coefficient (Wildman–Crippen LogP) is 5.83. The molecule has 0 saturated heterocycles. The molecule has 110 valence electrons. The Hall–Kier alpha value is -0.700. The molecule has 0 atom stereocenters. The monoisotopic (exact) mass is 274 g/mol. The Morgan fingerprint density at radius 2 is 1.39 bits per heavy atom. The lowest BCUT2D eigenvalue weighted by molar-refractivity contribution is 1.33. The van der Waals surface area contributed by atoms with Gasteiger partial charge in [-0.1, -0.05) is 62.0 Å². The van der Waals surface area contributed by atoms with Gasteiger partial charge >= 0.3 is 0 Å². The van der Waals surface area contributed by atoms with E-state index < -0.39 is 0 Å². The Labute approximate surface area is 120 Å². The zero-order valence-corrected chi connectivity index (χ0v) is 15.0. The van der Waals surface area contributed by atoms with Crippen LogP contribution in [0, 0.1) is 0 Å². The molecule has 1 aliphatic rings. The van der Waals surface area contributed by atoms with Gasteiger partial charge in [-0.3, -0.25) is 4.99 Å². The number of rotatable bonds is 0. The summed E-state index contributed by atoms with van der Waals surface area (Å²) >= 11 is 1.57. The number of allylic oxidation sites excluding steroid dienone is 1. The molecule has 0 amide bonds. The SMILES string of the molecule is C=C1C=C(C)SNC1=NC.CC.CC.CC.CC. The minimum Gasteiger partial charge on any atom is -0.310 e. The summed E-state index contributed by atoms with van der Waals surface area (Å²) in [5, 5.41) is 0. The zero-order chi connectivity index (χ0) is 15.6. The molecule has 3 heteroatoms. The second-order valence-corrected chi connectivity index (χ2v) is 3.11. The van der Waals surface area contributed by atoms with Crippen molar-refractivity contribution in [2.45, 2.75) is 62.3 Å². The van der Waals surface area contributed by atoms with Crippen LogP contribution in [0.2, 0.25) is 0 Å². The maximum Gasteiger partial charge on any atom is 0.137 e. The average molecular weight is 275 g/mol. The van der Waals surface area contributed by atoms with Gasteiger partial charge in [0.05, 0.1) is 0 Å². The minimum absolute atomic E-state index is 0.871. The molecular formula is C15H34N2S. The van der Waals surface area contributed by atoms with Gasteiger partial charge in [-0.2, -0.15) is 0 Å². The van der Waals surface area contributed by atoms with Gasteiger partial charge in [0, 0.05) is 17.5 Å². The van der Waals surface area contributed by atoms with Crippen LogP contribution in [-0.2, 0) is 0 Å². The van der Waals surface area contributed by atoms with E-state index in [4.69, 9.17) is 0 Å². The lowest BCUT2D eigenvalue weighted by Gasteiger charge is -2.14. The van der Waals surface area contributed by atoms with Crippen molar-refractivity contribution in [1.82, 2.24) is 4.72 Å². The van der Waals surface area contributed by atoms with Crippen LogP contribution in [0.5, 0.6) is 0 Å². The summed E-state index contributed by atoms with van der Waals surface area (Å²) < 4.78 is 3.07. The Morgan fingerprint density at radius 1 is 1.00 bits per heavy atom. The maximum absolute atomic E-state index is 4.00. The first-order valence-corrected chi connectivity index (χ1v) is 7.83. The second-order valence-electron chi connectivity index (χ2n) is 2.06. The molecule has 1 aliphatic heterocycles. The van der Waals surface area contributed by atoms with Gasteiger partial charge in [0.1, 0.15) is 5.84 Å². The van der Waals surface area contributed by atoms with Gasteiger partial charge in [-0.15, -0.1) is 0 Å². The number of hydrogen-bond acceptors (Lipinski definition) is 2. The summed E-state index contributed by atoms with van der Waals surface area (Å²) in [5.41, 5.74) is 0.957. The fraction of sp³-hybridized carbons (Fsp3) is 0.667. The van der Waals surface area contributed by atoms with Crippen LogP contribution in [0.25, 0.3) is 0 Å². The van der Waals surface area contributed by atoms with Crippen molar-refractivity contribution in [1.29, 1.82) is 0 Å². The molecule has 0 fully saturated rings. The fourth-order valence-corrected chi connectivity index (χ4v) is 1.41. The first-order valence-electron chi connectivity index (χ1n) is 7.01. The standard InChI is InChI=1S/C7H10N2S.4C2H6/c1-5-4-6(2)10-9-7(5)8-3;4*1-2/h4H,1H2,2-3H3,(H,8,9);4*1-2H3. The topological polar surface area (TPSA) is 24.4 Å². The molecule has 18 heavy (non-hydrogen) atoms. The van der Waals surface area contributed by atoms with Crippen LogP contribution in [0.3, 0.4) is 0 Å². The molecule has 0 bridgehead atoms. The molecule has 0 aromatic heterocycles. The molecular weight excluding hydrogens is 240 g/mol. The van der Waals surface area contributed by atoms with E-state index >= 15 is 0 Å². The van der Waals surface area contributed by atoms with E-state index in [-0.39, 0.29) is 0 Å². The van der Waals surface area contributed by atoms with Crippen molar-refractivity contribution in [3.63, 3.8) is 0 Å². The molecule has 0 aromatic carbocycles. The highest BCUT2D eigenvalue weighted by Gasteiger charge is 2.07. The van der Waals surface area contributed by atoms with Crippen LogP contribution in [-0.4, -0.2) is 12.9 Å². The molecule has 1 heterocycles. The highest BCUT2D eigenvalue weighted by molar-refractivity contribution is 8.01. The number of nitrogens with zero attached hydrogens (tertiary/aromatic N) is 1. The predicted molar refractivity (Wildman–Crippen MR) is 92.4 cm³/mol.